The van der Waals surface area contributed by atoms with Crippen LogP contribution in [0, 0.1) is 5.82 Å². The second-order valence-electron chi connectivity index (χ2n) is 4.45. The number of benzene rings is 2. The summed E-state index contributed by atoms with van der Waals surface area (Å²) in [5, 5.41) is 2.72. The molecule has 0 aliphatic heterocycles. The third kappa shape index (κ3) is 3.01. The van der Waals surface area contributed by atoms with Crippen LogP contribution in [0.25, 0.3) is 21.8 Å². The van der Waals surface area contributed by atoms with Crippen LogP contribution >= 0.6 is 23.1 Å². The molecule has 1 aromatic heterocycles. The van der Waals surface area contributed by atoms with Crippen LogP contribution in [0.4, 0.5) is 4.39 Å². The topological polar surface area (TPSA) is 12.9 Å². The molecule has 1 nitrogen and oxygen atoms in total. The van der Waals surface area contributed by atoms with E-state index in [1.54, 1.807) is 17.8 Å². The van der Waals surface area contributed by atoms with Gasteiger partial charge in [-0.1, -0.05) is 43.3 Å². The summed E-state index contributed by atoms with van der Waals surface area (Å²) in [6.45, 7) is 2.07. The van der Waals surface area contributed by atoms with Gasteiger partial charge in [-0.25, -0.2) is 9.37 Å². The first-order valence-corrected chi connectivity index (χ1v) is 8.58. The molecule has 0 saturated heterocycles. The summed E-state index contributed by atoms with van der Waals surface area (Å²) in [6, 6.07) is 15.2. The maximum atomic E-state index is 14.2. The van der Waals surface area contributed by atoms with Crippen LogP contribution in [0.5, 0.6) is 0 Å². The maximum absolute atomic E-state index is 14.2. The average molecular weight is 315 g/mol. The zero-order valence-corrected chi connectivity index (χ0v) is 13.2. The van der Waals surface area contributed by atoms with Crippen molar-refractivity contribution < 1.29 is 4.39 Å². The lowest BCUT2D eigenvalue weighted by atomic mass is 10.2. The fourth-order valence-electron chi connectivity index (χ4n) is 2.12. The number of rotatable bonds is 4. The molecule has 0 amide bonds. The van der Waals surface area contributed by atoms with Crippen molar-refractivity contribution >= 4 is 23.1 Å². The lowest BCUT2D eigenvalue weighted by molar-refractivity contribution is 0.628. The quantitative estimate of drug-likeness (QED) is 0.570. The van der Waals surface area contributed by atoms with E-state index in [2.05, 4.69) is 11.9 Å². The highest BCUT2D eigenvalue weighted by Gasteiger charge is 2.15. The Morgan fingerprint density at radius 2 is 1.90 bits per heavy atom. The van der Waals surface area contributed by atoms with Crippen molar-refractivity contribution in [2.45, 2.75) is 11.8 Å². The third-order valence-electron chi connectivity index (χ3n) is 3.06. The minimum atomic E-state index is -0.206. The Morgan fingerprint density at radius 3 is 2.67 bits per heavy atom. The normalized spacial score (nSPS) is 10.8. The Balaban J connectivity index is 2.04. The van der Waals surface area contributed by atoms with E-state index in [0.717, 1.165) is 26.9 Å². The van der Waals surface area contributed by atoms with Gasteiger partial charge >= 0.3 is 0 Å². The molecule has 2 aromatic carbocycles. The van der Waals surface area contributed by atoms with E-state index < -0.39 is 0 Å². The SMILES string of the molecule is CCSc1cccc(F)c1-c1nc(-c2ccccc2)cs1. The average Bonchev–Trinajstić information content (AvgIpc) is 2.98. The van der Waals surface area contributed by atoms with Crippen molar-refractivity contribution in [1.82, 2.24) is 4.98 Å². The summed E-state index contributed by atoms with van der Waals surface area (Å²) >= 11 is 3.13. The highest BCUT2D eigenvalue weighted by atomic mass is 32.2. The molecule has 4 heteroatoms. The van der Waals surface area contributed by atoms with E-state index in [1.807, 2.05) is 41.8 Å². The van der Waals surface area contributed by atoms with Gasteiger partial charge in [0, 0.05) is 15.8 Å². The lowest BCUT2D eigenvalue weighted by Crippen LogP contribution is -1.88. The van der Waals surface area contributed by atoms with E-state index in [9.17, 15) is 4.39 Å². The number of hydrogen-bond acceptors (Lipinski definition) is 3. The second kappa shape index (κ2) is 6.41. The molecule has 0 radical (unpaired) electrons. The molecule has 0 spiro atoms. The number of aromatic nitrogens is 1. The predicted molar refractivity (Wildman–Crippen MR) is 89.3 cm³/mol. The van der Waals surface area contributed by atoms with Crippen molar-refractivity contribution in [2.24, 2.45) is 0 Å². The molecule has 1 heterocycles. The minimum Gasteiger partial charge on any atom is -0.236 e. The summed E-state index contributed by atoms with van der Waals surface area (Å²) in [6.07, 6.45) is 0. The Labute approximate surface area is 131 Å². The molecule has 0 saturated carbocycles. The van der Waals surface area contributed by atoms with Gasteiger partial charge < -0.3 is 0 Å². The fraction of sp³-hybridized carbons (Fsp3) is 0.118. The molecule has 0 unspecified atom stereocenters. The summed E-state index contributed by atoms with van der Waals surface area (Å²) < 4.78 is 14.2. The molecule has 0 atom stereocenters. The van der Waals surface area contributed by atoms with Crippen molar-refractivity contribution in [3.8, 4) is 21.8 Å². The predicted octanol–water partition coefficient (Wildman–Crippen LogP) is 5.73. The van der Waals surface area contributed by atoms with Gasteiger partial charge in [0.15, 0.2) is 0 Å². The monoisotopic (exact) mass is 315 g/mol. The number of hydrogen-bond donors (Lipinski definition) is 0. The van der Waals surface area contributed by atoms with Gasteiger partial charge in [-0.15, -0.1) is 23.1 Å². The molecule has 106 valence electrons. The smallest absolute Gasteiger partial charge is 0.134 e. The Morgan fingerprint density at radius 1 is 1.10 bits per heavy atom. The van der Waals surface area contributed by atoms with Gasteiger partial charge in [0.1, 0.15) is 10.8 Å². The summed E-state index contributed by atoms with van der Waals surface area (Å²) in [7, 11) is 0. The number of thiazole rings is 1. The van der Waals surface area contributed by atoms with Gasteiger partial charge in [-0.3, -0.25) is 0 Å². The standard InChI is InChI=1S/C17H14FNS2/c1-2-20-15-10-6-9-13(18)16(15)17-19-14(11-21-17)12-7-4-3-5-8-12/h3-11H,2H2,1H3. The van der Waals surface area contributed by atoms with E-state index in [4.69, 9.17) is 0 Å². The molecule has 21 heavy (non-hydrogen) atoms. The largest absolute Gasteiger partial charge is 0.236 e. The minimum absolute atomic E-state index is 0.206. The Hall–Kier alpha value is -1.65. The Bertz CT molecular complexity index is 738. The van der Waals surface area contributed by atoms with E-state index in [1.165, 1.54) is 17.4 Å². The molecule has 0 aliphatic rings. The van der Waals surface area contributed by atoms with E-state index in [0.29, 0.717) is 5.56 Å². The van der Waals surface area contributed by atoms with Gasteiger partial charge in [0.25, 0.3) is 0 Å². The van der Waals surface area contributed by atoms with Gasteiger partial charge in [0.05, 0.1) is 11.3 Å². The molecule has 0 bridgehead atoms. The van der Waals surface area contributed by atoms with Crippen LogP contribution in [0.2, 0.25) is 0 Å². The van der Waals surface area contributed by atoms with Crippen molar-refractivity contribution in [1.29, 1.82) is 0 Å². The number of nitrogens with zero attached hydrogens (tertiary/aromatic N) is 1. The zero-order valence-electron chi connectivity index (χ0n) is 11.5. The zero-order chi connectivity index (χ0) is 14.7. The van der Waals surface area contributed by atoms with Gasteiger partial charge in [-0.05, 0) is 17.9 Å². The number of thioether (sulfide) groups is 1. The second-order valence-corrected chi connectivity index (χ2v) is 6.61. The first-order chi connectivity index (χ1) is 10.3. The Kier molecular flexibility index (Phi) is 4.36. The fourth-order valence-corrected chi connectivity index (χ4v) is 3.90. The first-order valence-electron chi connectivity index (χ1n) is 6.72. The summed E-state index contributed by atoms with van der Waals surface area (Å²) in [4.78, 5) is 5.57. The van der Waals surface area contributed by atoms with Crippen LogP contribution in [-0.4, -0.2) is 10.7 Å². The van der Waals surface area contributed by atoms with E-state index >= 15 is 0 Å². The van der Waals surface area contributed by atoms with Crippen LogP contribution < -0.4 is 0 Å². The van der Waals surface area contributed by atoms with Crippen molar-refractivity contribution in [2.75, 3.05) is 5.75 Å². The lowest BCUT2D eigenvalue weighted by Gasteiger charge is -2.06. The molecule has 0 aliphatic carbocycles. The summed E-state index contributed by atoms with van der Waals surface area (Å²) in [5.74, 6) is 0.704. The van der Waals surface area contributed by atoms with Gasteiger partial charge in [0.2, 0.25) is 0 Å². The molecule has 3 aromatic rings. The molecule has 3 rings (SSSR count). The summed E-state index contributed by atoms with van der Waals surface area (Å²) in [5.41, 5.74) is 2.57. The molecule has 0 N–H and O–H groups in total. The van der Waals surface area contributed by atoms with Crippen LogP contribution in [0.1, 0.15) is 6.92 Å². The third-order valence-corrected chi connectivity index (χ3v) is 4.86. The highest BCUT2D eigenvalue weighted by molar-refractivity contribution is 7.99. The van der Waals surface area contributed by atoms with Crippen molar-refractivity contribution in [3.05, 3.63) is 59.7 Å². The molecule has 0 fully saturated rings. The number of halogens is 1. The van der Waals surface area contributed by atoms with E-state index in [-0.39, 0.29) is 5.82 Å². The maximum Gasteiger partial charge on any atom is 0.134 e. The first kappa shape index (κ1) is 14.3. The van der Waals surface area contributed by atoms with Gasteiger partial charge in [-0.2, -0.15) is 0 Å². The highest BCUT2D eigenvalue weighted by Crippen LogP contribution is 2.36. The van der Waals surface area contributed by atoms with Crippen LogP contribution in [0.15, 0.2) is 58.8 Å². The molecular formula is C17H14FNS2. The van der Waals surface area contributed by atoms with Crippen molar-refractivity contribution in [3.63, 3.8) is 0 Å². The molecular weight excluding hydrogens is 301 g/mol. The van der Waals surface area contributed by atoms with Crippen LogP contribution in [-0.2, 0) is 0 Å². The van der Waals surface area contributed by atoms with Crippen LogP contribution in [0.3, 0.4) is 0 Å².